The van der Waals surface area contributed by atoms with Gasteiger partial charge in [0.05, 0.1) is 0 Å². The molecule has 0 bridgehead atoms. The molecule has 0 spiro atoms. The van der Waals surface area contributed by atoms with Crippen LogP contribution >= 0.6 is 0 Å². The van der Waals surface area contributed by atoms with Crippen molar-refractivity contribution in [3.63, 3.8) is 0 Å². The fourth-order valence-corrected chi connectivity index (χ4v) is 1.39. The monoisotopic (exact) mass is 212 g/mol. The molecule has 0 atom stereocenters. The van der Waals surface area contributed by atoms with Gasteiger partial charge in [0.1, 0.15) is 0 Å². The van der Waals surface area contributed by atoms with Crippen LogP contribution in [0.2, 0.25) is 0 Å². The minimum absolute atomic E-state index is 1.19. The molecule has 0 aliphatic carbocycles. The van der Waals surface area contributed by atoms with Gasteiger partial charge in [-0.15, -0.1) is 6.58 Å². The largest absolute Gasteiger partial charge is 0.103 e. The van der Waals surface area contributed by atoms with E-state index >= 15 is 0 Å². The van der Waals surface area contributed by atoms with Gasteiger partial charge in [0.2, 0.25) is 0 Å². The Morgan fingerprint density at radius 1 is 0.667 bits per heavy atom. The van der Waals surface area contributed by atoms with Crippen LogP contribution in [0.15, 0.2) is 12.7 Å². The third-order valence-electron chi connectivity index (χ3n) is 2.47. The third-order valence-corrected chi connectivity index (χ3v) is 2.47. The minimum atomic E-state index is 1.19. The molecule has 0 unspecified atom stereocenters. The van der Waals surface area contributed by atoms with Crippen molar-refractivity contribution in [1.82, 2.24) is 0 Å². The molecule has 0 heterocycles. The van der Waals surface area contributed by atoms with E-state index in [0.717, 1.165) is 0 Å². The van der Waals surface area contributed by atoms with Gasteiger partial charge in [-0.25, -0.2) is 0 Å². The molecule has 15 heavy (non-hydrogen) atoms. The van der Waals surface area contributed by atoms with Crippen LogP contribution in [-0.4, -0.2) is 0 Å². The molecule has 0 N–H and O–H groups in total. The first-order valence-corrected chi connectivity index (χ1v) is 6.94. The molecule has 0 aromatic heterocycles. The summed E-state index contributed by atoms with van der Waals surface area (Å²) in [7, 11) is 0. The zero-order valence-electron chi connectivity index (χ0n) is 11.4. The van der Waals surface area contributed by atoms with Crippen LogP contribution < -0.4 is 0 Å². The van der Waals surface area contributed by atoms with Gasteiger partial charge in [-0.2, -0.15) is 0 Å². The lowest BCUT2D eigenvalue weighted by Crippen LogP contribution is -1.73. The number of hydrogen-bond donors (Lipinski definition) is 0. The molecule has 0 fully saturated rings. The summed E-state index contributed by atoms with van der Waals surface area (Å²) in [4.78, 5) is 0. The van der Waals surface area contributed by atoms with E-state index < -0.39 is 0 Å². The highest BCUT2D eigenvalue weighted by Gasteiger charge is 1.83. The number of unbranched alkanes of at least 4 members (excludes halogenated alkanes) is 8. The van der Waals surface area contributed by atoms with E-state index in [1.807, 2.05) is 6.08 Å². The normalized spacial score (nSPS) is 9.27. The predicted octanol–water partition coefficient (Wildman–Crippen LogP) is 6.12. The highest BCUT2D eigenvalue weighted by atomic mass is 13.9. The van der Waals surface area contributed by atoms with Crippen molar-refractivity contribution < 1.29 is 0 Å². The zero-order valence-corrected chi connectivity index (χ0v) is 11.4. The van der Waals surface area contributed by atoms with Gasteiger partial charge in [0, 0.05) is 0 Å². The maximum absolute atomic E-state index is 3.63. The zero-order chi connectivity index (χ0) is 11.8. The van der Waals surface area contributed by atoms with E-state index in [2.05, 4.69) is 27.4 Å². The van der Waals surface area contributed by atoms with Crippen LogP contribution in [0.1, 0.15) is 85.0 Å². The maximum Gasteiger partial charge on any atom is -0.0353 e. The molecule has 0 saturated carbocycles. The Balaban J connectivity index is 0. The number of rotatable bonds is 9. The molecule has 0 saturated heterocycles. The third kappa shape index (κ3) is 24.8. The molecule has 0 heteroatoms. The average Bonchev–Trinajstić information content (AvgIpc) is 2.26. The summed E-state index contributed by atoms with van der Waals surface area (Å²) in [5.74, 6) is 0. The average molecular weight is 212 g/mol. The first-order chi connectivity index (χ1) is 7.33. The second-order valence-electron chi connectivity index (χ2n) is 4.20. The van der Waals surface area contributed by atoms with Crippen LogP contribution in [0.25, 0.3) is 0 Å². The summed E-state index contributed by atoms with van der Waals surface area (Å²) in [6, 6.07) is 0. The van der Waals surface area contributed by atoms with Gasteiger partial charge in [-0.1, -0.05) is 78.2 Å². The van der Waals surface area contributed by atoms with Crippen molar-refractivity contribution in [1.29, 1.82) is 0 Å². The van der Waals surface area contributed by atoms with E-state index in [1.165, 1.54) is 64.2 Å². The SMILES string of the molecule is C=CCCCCC.CCCCCCCC. The van der Waals surface area contributed by atoms with Crippen molar-refractivity contribution in [3.05, 3.63) is 12.7 Å². The summed E-state index contributed by atoms with van der Waals surface area (Å²) in [5.41, 5.74) is 0. The lowest BCUT2D eigenvalue weighted by Gasteiger charge is -1.93. The lowest BCUT2D eigenvalue weighted by molar-refractivity contribution is 0.624. The van der Waals surface area contributed by atoms with Gasteiger partial charge in [0.15, 0.2) is 0 Å². The molecule has 0 rings (SSSR count). The minimum Gasteiger partial charge on any atom is -0.103 e. The van der Waals surface area contributed by atoms with E-state index in [9.17, 15) is 0 Å². The topological polar surface area (TPSA) is 0 Å². The smallest absolute Gasteiger partial charge is 0.0353 e. The van der Waals surface area contributed by atoms with Gasteiger partial charge >= 0.3 is 0 Å². The summed E-state index contributed by atoms with van der Waals surface area (Å²) >= 11 is 0. The Morgan fingerprint density at radius 3 is 1.40 bits per heavy atom. The molecular formula is C15H32. The molecule has 0 nitrogen and oxygen atoms in total. The molecule has 0 aliphatic heterocycles. The highest BCUT2D eigenvalue weighted by molar-refractivity contribution is 4.64. The van der Waals surface area contributed by atoms with E-state index in [4.69, 9.17) is 0 Å². The molecular weight excluding hydrogens is 180 g/mol. The summed E-state index contributed by atoms with van der Waals surface area (Å²) in [6.45, 7) is 10.4. The van der Waals surface area contributed by atoms with Crippen LogP contribution in [0.5, 0.6) is 0 Å². The Bertz CT molecular complexity index is 88.2. The van der Waals surface area contributed by atoms with E-state index in [-0.39, 0.29) is 0 Å². The second kappa shape index (κ2) is 19.3. The molecule has 92 valence electrons. The number of hydrogen-bond acceptors (Lipinski definition) is 0. The van der Waals surface area contributed by atoms with Crippen molar-refractivity contribution in [2.24, 2.45) is 0 Å². The van der Waals surface area contributed by atoms with Crippen LogP contribution in [0, 0.1) is 0 Å². The quantitative estimate of drug-likeness (QED) is 0.319. The Labute approximate surface area is 98.2 Å². The van der Waals surface area contributed by atoms with E-state index in [1.54, 1.807) is 0 Å². The Kier molecular flexibility index (Phi) is 22.1. The van der Waals surface area contributed by atoms with Crippen LogP contribution in [0.4, 0.5) is 0 Å². The molecule has 0 aliphatic rings. The summed E-state index contributed by atoms with van der Waals surface area (Å²) in [5, 5.41) is 0. The predicted molar refractivity (Wildman–Crippen MR) is 73.4 cm³/mol. The fourth-order valence-electron chi connectivity index (χ4n) is 1.39. The van der Waals surface area contributed by atoms with Gasteiger partial charge in [-0.05, 0) is 12.8 Å². The highest BCUT2D eigenvalue weighted by Crippen LogP contribution is 2.03. The maximum atomic E-state index is 3.63. The van der Waals surface area contributed by atoms with Gasteiger partial charge < -0.3 is 0 Å². The van der Waals surface area contributed by atoms with E-state index in [0.29, 0.717) is 0 Å². The van der Waals surface area contributed by atoms with Gasteiger partial charge in [-0.3, -0.25) is 0 Å². The summed E-state index contributed by atoms with van der Waals surface area (Å²) < 4.78 is 0. The first-order valence-electron chi connectivity index (χ1n) is 6.94. The first kappa shape index (κ1) is 17.1. The van der Waals surface area contributed by atoms with Gasteiger partial charge in [0.25, 0.3) is 0 Å². The molecule has 0 radical (unpaired) electrons. The standard InChI is InChI=1S/C8H18.C7H14/c1-3-5-7-8-6-4-2;1-3-5-7-6-4-2/h3-8H2,1-2H3;3H,1,4-7H2,2H3. The molecule has 0 aromatic carbocycles. The van der Waals surface area contributed by atoms with Crippen molar-refractivity contribution in [3.8, 4) is 0 Å². The second-order valence-corrected chi connectivity index (χ2v) is 4.20. The van der Waals surface area contributed by atoms with Crippen molar-refractivity contribution in [2.45, 2.75) is 85.0 Å². The van der Waals surface area contributed by atoms with Crippen molar-refractivity contribution >= 4 is 0 Å². The molecule has 0 amide bonds. The fraction of sp³-hybridized carbons (Fsp3) is 0.867. The lowest BCUT2D eigenvalue weighted by atomic mass is 10.1. The number of allylic oxidation sites excluding steroid dienone is 1. The Hall–Kier alpha value is -0.260. The summed E-state index contributed by atoms with van der Waals surface area (Å²) in [6.07, 6.45) is 15.6. The van der Waals surface area contributed by atoms with Crippen molar-refractivity contribution in [2.75, 3.05) is 0 Å². The Morgan fingerprint density at radius 2 is 1.07 bits per heavy atom. The molecule has 0 aromatic rings. The van der Waals surface area contributed by atoms with Crippen LogP contribution in [-0.2, 0) is 0 Å². The van der Waals surface area contributed by atoms with Crippen LogP contribution in [0.3, 0.4) is 0 Å².